The van der Waals surface area contributed by atoms with Crippen molar-refractivity contribution in [3.8, 4) is 0 Å². The molecule has 120 valence electrons. The molecule has 2 aromatic rings. The summed E-state index contributed by atoms with van der Waals surface area (Å²) in [4.78, 5) is 25.9. The molecule has 0 saturated heterocycles. The van der Waals surface area contributed by atoms with Crippen LogP contribution in [0.25, 0.3) is 6.08 Å². The molecule has 23 heavy (non-hydrogen) atoms. The van der Waals surface area contributed by atoms with Gasteiger partial charge in [-0.05, 0) is 24.5 Å². The number of nitro benzene ring substituents is 1. The third kappa shape index (κ3) is 5.74. The van der Waals surface area contributed by atoms with Crippen molar-refractivity contribution in [2.45, 2.75) is 19.4 Å². The number of nitrogens with zero attached hydrogens (tertiary/aromatic N) is 3. The Labute approximate surface area is 133 Å². The Bertz CT molecular complexity index is 680. The highest BCUT2D eigenvalue weighted by molar-refractivity contribution is 5.91. The molecule has 1 N–H and O–H groups in total. The van der Waals surface area contributed by atoms with Crippen molar-refractivity contribution in [3.05, 3.63) is 64.7 Å². The molecule has 7 nitrogen and oxygen atoms in total. The summed E-state index contributed by atoms with van der Waals surface area (Å²) in [5.74, 6) is -0.209. The number of carbonyl (C=O) groups is 1. The third-order valence-corrected chi connectivity index (χ3v) is 3.21. The van der Waals surface area contributed by atoms with Crippen molar-refractivity contribution in [3.63, 3.8) is 0 Å². The summed E-state index contributed by atoms with van der Waals surface area (Å²) in [5, 5.41) is 13.5. The summed E-state index contributed by atoms with van der Waals surface area (Å²) in [6, 6.07) is 6.14. The zero-order valence-corrected chi connectivity index (χ0v) is 12.6. The van der Waals surface area contributed by atoms with Crippen LogP contribution in [-0.4, -0.2) is 26.9 Å². The van der Waals surface area contributed by atoms with E-state index < -0.39 is 4.92 Å². The molecule has 0 fully saturated rings. The Hall–Kier alpha value is -2.96. The van der Waals surface area contributed by atoms with Crippen LogP contribution in [0.3, 0.4) is 0 Å². The van der Waals surface area contributed by atoms with E-state index in [-0.39, 0.29) is 11.6 Å². The Morgan fingerprint density at radius 3 is 3.00 bits per heavy atom. The average molecular weight is 314 g/mol. The molecule has 1 heterocycles. The van der Waals surface area contributed by atoms with Gasteiger partial charge in [-0.1, -0.05) is 12.1 Å². The Kier molecular flexibility index (Phi) is 6.05. The highest BCUT2D eigenvalue weighted by Gasteiger charge is 2.04. The van der Waals surface area contributed by atoms with E-state index in [0.29, 0.717) is 12.1 Å². The average Bonchev–Trinajstić information content (AvgIpc) is 3.06. The van der Waals surface area contributed by atoms with Crippen molar-refractivity contribution in [1.82, 2.24) is 14.9 Å². The predicted octanol–water partition coefficient (Wildman–Crippen LogP) is 2.40. The molecule has 0 bridgehead atoms. The molecule has 7 heteroatoms. The minimum atomic E-state index is -0.461. The van der Waals surface area contributed by atoms with E-state index in [9.17, 15) is 14.9 Å². The molecular weight excluding hydrogens is 296 g/mol. The SMILES string of the molecule is O=C(/C=C/c1cccc([N+](=O)[O-])c1)NCCCCn1ccnc1. The van der Waals surface area contributed by atoms with E-state index in [4.69, 9.17) is 0 Å². The fourth-order valence-electron chi connectivity index (χ4n) is 2.02. The maximum Gasteiger partial charge on any atom is 0.270 e. The fourth-order valence-corrected chi connectivity index (χ4v) is 2.02. The molecule has 1 amide bonds. The molecule has 0 aliphatic heterocycles. The first-order valence-electron chi connectivity index (χ1n) is 7.31. The van der Waals surface area contributed by atoms with Crippen LogP contribution in [0.5, 0.6) is 0 Å². The van der Waals surface area contributed by atoms with Crippen molar-refractivity contribution in [1.29, 1.82) is 0 Å². The van der Waals surface area contributed by atoms with Gasteiger partial charge in [0.05, 0.1) is 11.3 Å². The molecule has 0 spiro atoms. The van der Waals surface area contributed by atoms with Gasteiger partial charge in [0.25, 0.3) is 5.69 Å². The van der Waals surface area contributed by atoms with Crippen molar-refractivity contribution in [2.75, 3.05) is 6.54 Å². The van der Waals surface area contributed by atoms with Crippen LogP contribution in [0.2, 0.25) is 0 Å². The summed E-state index contributed by atoms with van der Waals surface area (Å²) < 4.78 is 1.99. The summed E-state index contributed by atoms with van der Waals surface area (Å²) in [6.45, 7) is 1.46. The Morgan fingerprint density at radius 1 is 1.39 bits per heavy atom. The second-order valence-electron chi connectivity index (χ2n) is 4.98. The van der Waals surface area contributed by atoms with E-state index in [1.807, 2.05) is 10.8 Å². The minimum Gasteiger partial charge on any atom is -0.353 e. The van der Waals surface area contributed by atoms with Gasteiger partial charge in [0.15, 0.2) is 0 Å². The molecule has 0 radical (unpaired) electrons. The zero-order valence-electron chi connectivity index (χ0n) is 12.6. The minimum absolute atomic E-state index is 0.00654. The number of carbonyl (C=O) groups excluding carboxylic acids is 1. The molecular formula is C16H18N4O3. The van der Waals surface area contributed by atoms with Crippen LogP contribution in [0.4, 0.5) is 5.69 Å². The number of hydrogen-bond acceptors (Lipinski definition) is 4. The number of nitrogens with one attached hydrogen (secondary N) is 1. The number of non-ortho nitro benzene ring substituents is 1. The lowest BCUT2D eigenvalue weighted by atomic mass is 10.2. The van der Waals surface area contributed by atoms with E-state index in [1.54, 1.807) is 30.7 Å². The fraction of sp³-hybridized carbons (Fsp3) is 0.250. The monoisotopic (exact) mass is 314 g/mol. The first-order chi connectivity index (χ1) is 11.1. The topological polar surface area (TPSA) is 90.1 Å². The molecule has 0 saturated carbocycles. The van der Waals surface area contributed by atoms with Gasteiger partial charge < -0.3 is 9.88 Å². The Balaban J connectivity index is 1.69. The zero-order chi connectivity index (χ0) is 16.5. The summed E-state index contributed by atoms with van der Waals surface area (Å²) >= 11 is 0. The largest absolute Gasteiger partial charge is 0.353 e. The molecule has 0 aliphatic carbocycles. The van der Waals surface area contributed by atoms with Gasteiger partial charge in [-0.2, -0.15) is 0 Å². The van der Waals surface area contributed by atoms with Crippen LogP contribution in [0.1, 0.15) is 18.4 Å². The van der Waals surface area contributed by atoms with E-state index in [0.717, 1.165) is 19.4 Å². The highest BCUT2D eigenvalue weighted by atomic mass is 16.6. The van der Waals surface area contributed by atoms with E-state index in [1.165, 1.54) is 18.2 Å². The van der Waals surface area contributed by atoms with Gasteiger partial charge in [0.1, 0.15) is 0 Å². The van der Waals surface area contributed by atoms with Gasteiger partial charge in [0, 0.05) is 43.7 Å². The number of unbranched alkanes of at least 4 members (excludes halogenated alkanes) is 1. The van der Waals surface area contributed by atoms with Crippen molar-refractivity contribution < 1.29 is 9.72 Å². The van der Waals surface area contributed by atoms with Crippen molar-refractivity contribution >= 4 is 17.7 Å². The smallest absolute Gasteiger partial charge is 0.270 e. The Morgan fingerprint density at radius 2 is 2.26 bits per heavy atom. The standard InChI is InChI=1S/C16H18N4O3/c21-16(18-8-1-2-10-19-11-9-17-13-19)7-6-14-4-3-5-15(12-14)20(22)23/h3-7,9,11-13H,1-2,8,10H2,(H,18,21)/b7-6+. The number of rotatable bonds is 8. The van der Waals surface area contributed by atoms with Crippen LogP contribution in [-0.2, 0) is 11.3 Å². The van der Waals surface area contributed by atoms with Gasteiger partial charge >= 0.3 is 0 Å². The number of hydrogen-bond donors (Lipinski definition) is 1. The van der Waals surface area contributed by atoms with E-state index in [2.05, 4.69) is 10.3 Å². The molecule has 1 aromatic heterocycles. The first-order valence-corrected chi connectivity index (χ1v) is 7.31. The maximum atomic E-state index is 11.7. The highest BCUT2D eigenvalue weighted by Crippen LogP contribution is 2.13. The van der Waals surface area contributed by atoms with Gasteiger partial charge in [0.2, 0.25) is 5.91 Å². The molecule has 0 atom stereocenters. The normalized spacial score (nSPS) is 10.8. The lowest BCUT2D eigenvalue weighted by Crippen LogP contribution is -2.22. The number of nitro groups is 1. The molecule has 0 unspecified atom stereocenters. The van der Waals surface area contributed by atoms with Gasteiger partial charge in [-0.3, -0.25) is 14.9 Å². The molecule has 1 aromatic carbocycles. The van der Waals surface area contributed by atoms with Crippen LogP contribution >= 0.6 is 0 Å². The van der Waals surface area contributed by atoms with Gasteiger partial charge in [-0.25, -0.2) is 4.98 Å². The van der Waals surface area contributed by atoms with Crippen LogP contribution in [0.15, 0.2) is 49.1 Å². The third-order valence-electron chi connectivity index (χ3n) is 3.21. The first kappa shape index (κ1) is 16.4. The van der Waals surface area contributed by atoms with E-state index >= 15 is 0 Å². The lowest BCUT2D eigenvalue weighted by Gasteiger charge is -2.03. The predicted molar refractivity (Wildman–Crippen MR) is 86.6 cm³/mol. The number of aryl methyl sites for hydroxylation is 1. The number of aromatic nitrogens is 2. The number of benzene rings is 1. The van der Waals surface area contributed by atoms with Crippen molar-refractivity contribution in [2.24, 2.45) is 0 Å². The van der Waals surface area contributed by atoms with Crippen LogP contribution in [0, 0.1) is 10.1 Å². The lowest BCUT2D eigenvalue weighted by molar-refractivity contribution is -0.384. The second-order valence-corrected chi connectivity index (χ2v) is 4.98. The quantitative estimate of drug-likeness (QED) is 0.350. The summed E-state index contributed by atoms with van der Waals surface area (Å²) in [7, 11) is 0. The summed E-state index contributed by atoms with van der Waals surface area (Å²) in [6.07, 6.45) is 10.2. The number of imidazole rings is 1. The van der Waals surface area contributed by atoms with Crippen LogP contribution < -0.4 is 5.32 Å². The summed E-state index contributed by atoms with van der Waals surface area (Å²) in [5.41, 5.74) is 0.626. The maximum absolute atomic E-state index is 11.7. The second kappa shape index (κ2) is 8.47. The number of amides is 1. The molecule has 0 aliphatic rings. The van der Waals surface area contributed by atoms with Gasteiger partial charge in [-0.15, -0.1) is 0 Å². The molecule has 2 rings (SSSR count).